The first-order valence-electron chi connectivity index (χ1n) is 8.44. The van der Waals surface area contributed by atoms with Crippen molar-refractivity contribution in [1.82, 2.24) is 9.55 Å². The third kappa shape index (κ3) is 4.17. The summed E-state index contributed by atoms with van der Waals surface area (Å²) in [5, 5.41) is 0.741. The molecule has 0 spiro atoms. The molecule has 1 heterocycles. The van der Waals surface area contributed by atoms with Gasteiger partial charge in [-0.1, -0.05) is 54.2 Å². The number of nitrogens with zero attached hydrogens (tertiary/aromatic N) is 2. The van der Waals surface area contributed by atoms with Crippen LogP contribution in [-0.2, 0) is 19.2 Å². The van der Waals surface area contributed by atoms with Crippen molar-refractivity contribution >= 4 is 11.8 Å². The number of benzene rings is 2. The van der Waals surface area contributed by atoms with E-state index in [-0.39, 0.29) is 5.56 Å². The molecule has 0 fully saturated rings. The Labute approximate surface area is 157 Å². The van der Waals surface area contributed by atoms with Gasteiger partial charge in [0.25, 0.3) is 5.56 Å². The fourth-order valence-electron chi connectivity index (χ4n) is 2.77. The lowest BCUT2D eigenvalue weighted by molar-refractivity contribution is 0.414. The number of rotatable bonds is 6. The first kappa shape index (κ1) is 18.3. The molecule has 0 N–H and O–H groups in total. The first-order valence-corrected chi connectivity index (χ1v) is 9.43. The van der Waals surface area contributed by atoms with Crippen LogP contribution < -0.4 is 10.3 Å². The van der Waals surface area contributed by atoms with Crippen molar-refractivity contribution in [1.29, 1.82) is 0 Å². The fraction of sp³-hybridized carbons (Fsp3) is 0.238. The molecule has 0 aliphatic carbocycles. The molecule has 26 heavy (non-hydrogen) atoms. The van der Waals surface area contributed by atoms with Crippen molar-refractivity contribution < 1.29 is 4.74 Å². The van der Waals surface area contributed by atoms with Crippen LogP contribution in [0, 0.1) is 6.92 Å². The molecule has 0 saturated carbocycles. The molecule has 0 radical (unpaired) electrons. The third-order valence-corrected chi connectivity index (χ3v) is 5.38. The predicted octanol–water partition coefficient (Wildman–Crippen LogP) is 3.98. The molecule has 0 atom stereocenters. The van der Waals surface area contributed by atoms with E-state index in [1.165, 1.54) is 5.56 Å². The standard InChI is InChI=1S/C21H22N2O2S/c1-15-19(13-17-10-7-11-18(12-17)25-3)20(24)23(2)21(22-15)26-14-16-8-5-4-6-9-16/h4-12H,13-14H2,1-3H3. The zero-order chi connectivity index (χ0) is 18.5. The highest BCUT2D eigenvalue weighted by atomic mass is 32.2. The van der Waals surface area contributed by atoms with E-state index in [1.807, 2.05) is 49.4 Å². The summed E-state index contributed by atoms with van der Waals surface area (Å²) in [5.74, 6) is 1.58. The molecule has 134 valence electrons. The number of aromatic nitrogens is 2. The van der Waals surface area contributed by atoms with Gasteiger partial charge in [-0.15, -0.1) is 0 Å². The van der Waals surface area contributed by atoms with Gasteiger partial charge in [0.1, 0.15) is 5.75 Å². The Morgan fingerprint density at radius 1 is 1.08 bits per heavy atom. The van der Waals surface area contributed by atoms with Crippen molar-refractivity contribution in [3.63, 3.8) is 0 Å². The van der Waals surface area contributed by atoms with Crippen molar-refractivity contribution in [3.05, 3.63) is 87.3 Å². The van der Waals surface area contributed by atoms with E-state index in [9.17, 15) is 4.79 Å². The number of hydrogen-bond acceptors (Lipinski definition) is 4. The molecule has 0 bridgehead atoms. The molecular formula is C21H22N2O2S. The van der Waals surface area contributed by atoms with Gasteiger partial charge >= 0.3 is 0 Å². The summed E-state index contributed by atoms with van der Waals surface area (Å²) >= 11 is 1.58. The van der Waals surface area contributed by atoms with E-state index in [2.05, 4.69) is 17.1 Å². The van der Waals surface area contributed by atoms with Crippen molar-refractivity contribution in [2.24, 2.45) is 7.05 Å². The third-order valence-electron chi connectivity index (χ3n) is 4.28. The van der Waals surface area contributed by atoms with Gasteiger partial charge in [-0.2, -0.15) is 0 Å². The minimum Gasteiger partial charge on any atom is -0.497 e. The number of aryl methyl sites for hydroxylation is 1. The Kier molecular flexibility index (Phi) is 5.78. The summed E-state index contributed by atoms with van der Waals surface area (Å²) in [6.07, 6.45) is 0.548. The van der Waals surface area contributed by atoms with Gasteiger partial charge in [-0.05, 0) is 30.2 Å². The normalized spacial score (nSPS) is 10.7. The van der Waals surface area contributed by atoms with Crippen LogP contribution in [0.2, 0.25) is 0 Å². The quantitative estimate of drug-likeness (QED) is 0.489. The van der Waals surface area contributed by atoms with Gasteiger partial charge in [0.2, 0.25) is 0 Å². The molecule has 2 aromatic carbocycles. The smallest absolute Gasteiger partial charge is 0.257 e. The largest absolute Gasteiger partial charge is 0.497 e. The van der Waals surface area contributed by atoms with E-state index in [0.29, 0.717) is 6.42 Å². The Balaban J connectivity index is 1.84. The Morgan fingerprint density at radius 3 is 2.54 bits per heavy atom. The van der Waals surface area contributed by atoms with Gasteiger partial charge in [0.15, 0.2) is 5.16 Å². The summed E-state index contributed by atoms with van der Waals surface area (Å²) in [6, 6.07) is 18.0. The highest BCUT2D eigenvalue weighted by Gasteiger charge is 2.13. The molecule has 0 aliphatic rings. The van der Waals surface area contributed by atoms with Crippen molar-refractivity contribution in [3.8, 4) is 5.75 Å². The van der Waals surface area contributed by atoms with Gasteiger partial charge in [-0.3, -0.25) is 9.36 Å². The molecule has 0 aliphatic heterocycles. The van der Waals surface area contributed by atoms with Gasteiger partial charge in [0.05, 0.1) is 7.11 Å². The number of thioether (sulfide) groups is 1. The lowest BCUT2D eigenvalue weighted by Gasteiger charge is -2.12. The van der Waals surface area contributed by atoms with Crippen LogP contribution in [0.15, 0.2) is 64.5 Å². The SMILES string of the molecule is COc1cccc(Cc2c(C)nc(SCc3ccccc3)n(C)c2=O)c1. The maximum absolute atomic E-state index is 12.9. The van der Waals surface area contributed by atoms with Gasteiger partial charge < -0.3 is 4.74 Å². The lowest BCUT2D eigenvalue weighted by atomic mass is 10.0. The van der Waals surface area contributed by atoms with Crippen LogP contribution in [0.3, 0.4) is 0 Å². The second kappa shape index (κ2) is 8.23. The lowest BCUT2D eigenvalue weighted by Crippen LogP contribution is -2.25. The van der Waals surface area contributed by atoms with Crippen molar-refractivity contribution in [2.45, 2.75) is 24.3 Å². The molecule has 4 nitrogen and oxygen atoms in total. The zero-order valence-corrected chi connectivity index (χ0v) is 16.0. The van der Waals surface area contributed by atoms with Crippen molar-refractivity contribution in [2.75, 3.05) is 7.11 Å². The Hall–Kier alpha value is -2.53. The van der Waals surface area contributed by atoms with E-state index in [4.69, 9.17) is 4.74 Å². The number of ether oxygens (including phenoxy) is 1. The molecule has 5 heteroatoms. The minimum atomic E-state index is 0.0101. The van der Waals surface area contributed by atoms with Crippen LogP contribution in [0.1, 0.15) is 22.4 Å². The van der Waals surface area contributed by atoms with E-state index in [0.717, 1.165) is 33.5 Å². The molecule has 1 aromatic heterocycles. The van der Waals surface area contributed by atoms with Crippen LogP contribution in [0.25, 0.3) is 0 Å². The molecule has 3 rings (SSSR count). The van der Waals surface area contributed by atoms with Crippen LogP contribution in [0.5, 0.6) is 5.75 Å². The highest BCUT2D eigenvalue weighted by Crippen LogP contribution is 2.21. The topological polar surface area (TPSA) is 44.1 Å². The molecule has 0 unspecified atom stereocenters. The number of methoxy groups -OCH3 is 1. The molecule has 3 aromatic rings. The monoisotopic (exact) mass is 366 g/mol. The molecular weight excluding hydrogens is 344 g/mol. The summed E-state index contributed by atoms with van der Waals surface area (Å²) < 4.78 is 6.92. The summed E-state index contributed by atoms with van der Waals surface area (Å²) in [7, 11) is 3.43. The summed E-state index contributed by atoms with van der Waals surface area (Å²) in [4.78, 5) is 17.5. The maximum atomic E-state index is 12.9. The fourth-order valence-corrected chi connectivity index (χ4v) is 3.74. The summed E-state index contributed by atoms with van der Waals surface area (Å²) in [5.41, 5.74) is 3.77. The second-order valence-electron chi connectivity index (χ2n) is 6.13. The van der Waals surface area contributed by atoms with E-state index >= 15 is 0 Å². The van der Waals surface area contributed by atoms with E-state index in [1.54, 1.807) is 30.5 Å². The Bertz CT molecular complexity index is 952. The minimum absolute atomic E-state index is 0.0101. The zero-order valence-electron chi connectivity index (χ0n) is 15.2. The van der Waals surface area contributed by atoms with Crippen LogP contribution >= 0.6 is 11.8 Å². The average molecular weight is 366 g/mol. The highest BCUT2D eigenvalue weighted by molar-refractivity contribution is 7.98. The van der Waals surface area contributed by atoms with Crippen LogP contribution in [0.4, 0.5) is 0 Å². The maximum Gasteiger partial charge on any atom is 0.257 e. The average Bonchev–Trinajstić information content (AvgIpc) is 2.68. The molecule has 0 saturated heterocycles. The van der Waals surface area contributed by atoms with Crippen LogP contribution in [-0.4, -0.2) is 16.7 Å². The Morgan fingerprint density at radius 2 is 1.81 bits per heavy atom. The summed E-state index contributed by atoms with van der Waals surface area (Å²) in [6.45, 7) is 1.91. The first-order chi connectivity index (χ1) is 12.6. The second-order valence-corrected chi connectivity index (χ2v) is 7.07. The molecule has 0 amide bonds. The van der Waals surface area contributed by atoms with Gasteiger partial charge in [-0.25, -0.2) is 4.98 Å². The van der Waals surface area contributed by atoms with E-state index < -0.39 is 0 Å². The predicted molar refractivity (Wildman–Crippen MR) is 106 cm³/mol. The number of hydrogen-bond donors (Lipinski definition) is 0. The van der Waals surface area contributed by atoms with Gasteiger partial charge in [0, 0.05) is 30.5 Å².